The number of fused-ring (bicyclic) bond motifs is 1. The highest BCUT2D eigenvalue weighted by atomic mass is 16.5. The average molecular weight is 280 g/mol. The normalized spacial score (nSPS) is 12.4. The Hall–Kier alpha value is -2.26. The van der Waals surface area contributed by atoms with Crippen LogP contribution >= 0.6 is 0 Å². The molecule has 0 amide bonds. The Morgan fingerprint density at radius 1 is 1.05 bits per heavy atom. The van der Waals surface area contributed by atoms with Gasteiger partial charge in [-0.3, -0.25) is 0 Å². The average Bonchev–Trinajstić information content (AvgIpc) is 3.01. The van der Waals surface area contributed by atoms with Crippen molar-refractivity contribution in [2.45, 2.75) is 12.5 Å². The minimum absolute atomic E-state index is 0.0487. The van der Waals surface area contributed by atoms with Crippen LogP contribution in [0.5, 0.6) is 5.75 Å². The first-order chi connectivity index (χ1) is 10.4. The highest BCUT2D eigenvalue weighted by molar-refractivity contribution is 5.85. The summed E-state index contributed by atoms with van der Waals surface area (Å²) in [5.41, 5.74) is 2.26. The first kappa shape index (κ1) is 13.7. The molecule has 0 aliphatic carbocycles. The number of aromatic nitrogens is 1. The molecular formula is C18H20N2O. The van der Waals surface area contributed by atoms with Crippen LogP contribution in [0.2, 0.25) is 0 Å². The highest BCUT2D eigenvalue weighted by Gasteiger charge is 2.14. The number of benzene rings is 2. The maximum absolute atomic E-state index is 6.30. The van der Waals surface area contributed by atoms with Gasteiger partial charge in [0.05, 0.1) is 5.52 Å². The van der Waals surface area contributed by atoms with Gasteiger partial charge in [-0.05, 0) is 31.3 Å². The van der Waals surface area contributed by atoms with Crippen molar-refractivity contribution in [3.63, 3.8) is 0 Å². The lowest BCUT2D eigenvalue weighted by molar-refractivity contribution is 0.197. The fourth-order valence-corrected chi connectivity index (χ4v) is 2.54. The Bertz CT molecular complexity index is 691. The number of ether oxygens (including phenoxy) is 1. The largest absolute Gasteiger partial charge is 0.483 e. The van der Waals surface area contributed by atoms with Crippen LogP contribution in [0.4, 0.5) is 0 Å². The molecule has 3 heteroatoms. The number of H-pyrrole nitrogens is 1. The summed E-state index contributed by atoms with van der Waals surface area (Å²) in [4.78, 5) is 3.26. The number of rotatable bonds is 6. The van der Waals surface area contributed by atoms with Crippen LogP contribution in [-0.2, 0) is 0 Å². The monoisotopic (exact) mass is 280 g/mol. The van der Waals surface area contributed by atoms with Crippen LogP contribution < -0.4 is 10.1 Å². The molecule has 0 saturated carbocycles. The number of aromatic amines is 1. The second-order valence-electron chi connectivity index (χ2n) is 5.11. The molecule has 2 aromatic carbocycles. The van der Waals surface area contributed by atoms with Crippen LogP contribution in [0.3, 0.4) is 0 Å². The molecule has 0 aliphatic rings. The second-order valence-corrected chi connectivity index (χ2v) is 5.11. The van der Waals surface area contributed by atoms with E-state index in [1.54, 1.807) is 0 Å². The molecule has 0 radical (unpaired) electrons. The Morgan fingerprint density at radius 2 is 1.90 bits per heavy atom. The number of hydrogen-bond acceptors (Lipinski definition) is 2. The molecule has 0 fully saturated rings. The molecule has 21 heavy (non-hydrogen) atoms. The van der Waals surface area contributed by atoms with Gasteiger partial charge in [0, 0.05) is 18.0 Å². The SMILES string of the molecule is CNCCC(Oc1cccc2cc[nH]c12)c1ccccc1. The summed E-state index contributed by atoms with van der Waals surface area (Å²) in [6, 6.07) is 18.6. The highest BCUT2D eigenvalue weighted by Crippen LogP contribution is 2.30. The van der Waals surface area contributed by atoms with Crippen LogP contribution in [0.15, 0.2) is 60.8 Å². The lowest BCUT2D eigenvalue weighted by Gasteiger charge is -2.20. The van der Waals surface area contributed by atoms with Gasteiger partial charge in [0.25, 0.3) is 0 Å². The summed E-state index contributed by atoms with van der Waals surface area (Å²) in [5, 5.41) is 4.37. The first-order valence-electron chi connectivity index (χ1n) is 7.31. The van der Waals surface area contributed by atoms with E-state index in [-0.39, 0.29) is 6.10 Å². The number of hydrogen-bond donors (Lipinski definition) is 2. The molecule has 2 N–H and O–H groups in total. The van der Waals surface area contributed by atoms with Gasteiger partial charge in [-0.25, -0.2) is 0 Å². The quantitative estimate of drug-likeness (QED) is 0.718. The Balaban J connectivity index is 1.89. The zero-order valence-corrected chi connectivity index (χ0v) is 12.2. The minimum atomic E-state index is 0.0487. The Kier molecular flexibility index (Phi) is 4.22. The molecule has 3 nitrogen and oxygen atoms in total. The molecular weight excluding hydrogens is 260 g/mol. The van der Waals surface area contributed by atoms with Crippen molar-refractivity contribution in [1.29, 1.82) is 0 Å². The molecule has 3 aromatic rings. The van der Waals surface area contributed by atoms with Crippen molar-refractivity contribution < 1.29 is 4.74 Å². The van der Waals surface area contributed by atoms with Crippen molar-refractivity contribution in [2.24, 2.45) is 0 Å². The summed E-state index contributed by atoms with van der Waals surface area (Å²) < 4.78 is 6.30. The molecule has 1 aromatic heterocycles. The van der Waals surface area contributed by atoms with E-state index >= 15 is 0 Å². The fourth-order valence-electron chi connectivity index (χ4n) is 2.54. The maximum atomic E-state index is 6.30. The number of nitrogens with one attached hydrogen (secondary N) is 2. The van der Waals surface area contributed by atoms with Crippen LogP contribution in [0, 0.1) is 0 Å². The zero-order valence-electron chi connectivity index (χ0n) is 12.2. The molecule has 3 rings (SSSR count). The number of para-hydroxylation sites is 1. The van der Waals surface area contributed by atoms with Crippen molar-refractivity contribution in [3.05, 3.63) is 66.4 Å². The maximum Gasteiger partial charge on any atom is 0.144 e. The van der Waals surface area contributed by atoms with Crippen molar-refractivity contribution >= 4 is 10.9 Å². The minimum Gasteiger partial charge on any atom is -0.483 e. The topological polar surface area (TPSA) is 37.0 Å². The zero-order chi connectivity index (χ0) is 14.5. The van der Waals surface area contributed by atoms with Gasteiger partial charge in [0.2, 0.25) is 0 Å². The van der Waals surface area contributed by atoms with E-state index < -0.39 is 0 Å². The van der Waals surface area contributed by atoms with E-state index in [0.717, 1.165) is 24.2 Å². The van der Waals surface area contributed by atoms with Crippen LogP contribution in [0.1, 0.15) is 18.1 Å². The van der Waals surface area contributed by atoms with Gasteiger partial charge in [0.1, 0.15) is 11.9 Å². The van der Waals surface area contributed by atoms with E-state index in [4.69, 9.17) is 4.74 Å². The van der Waals surface area contributed by atoms with Gasteiger partial charge in [-0.1, -0.05) is 42.5 Å². The van der Waals surface area contributed by atoms with Gasteiger partial charge < -0.3 is 15.0 Å². The molecule has 0 aliphatic heterocycles. The van der Waals surface area contributed by atoms with Gasteiger partial charge in [0.15, 0.2) is 0 Å². The van der Waals surface area contributed by atoms with E-state index in [9.17, 15) is 0 Å². The van der Waals surface area contributed by atoms with Crippen molar-refractivity contribution in [2.75, 3.05) is 13.6 Å². The van der Waals surface area contributed by atoms with Crippen molar-refractivity contribution in [1.82, 2.24) is 10.3 Å². The van der Waals surface area contributed by atoms with Gasteiger partial charge >= 0.3 is 0 Å². The standard InChI is InChI=1S/C18H20N2O/c1-19-12-11-16(14-6-3-2-4-7-14)21-17-9-5-8-15-10-13-20-18(15)17/h2-10,13,16,19-20H,11-12H2,1H3. The summed E-state index contributed by atoms with van der Waals surface area (Å²) in [7, 11) is 1.97. The summed E-state index contributed by atoms with van der Waals surface area (Å²) in [6.07, 6.45) is 2.92. The molecule has 0 saturated heterocycles. The van der Waals surface area contributed by atoms with Crippen LogP contribution in [0.25, 0.3) is 10.9 Å². The van der Waals surface area contributed by atoms with E-state index in [1.165, 1.54) is 10.9 Å². The lowest BCUT2D eigenvalue weighted by Crippen LogP contribution is -2.16. The summed E-state index contributed by atoms with van der Waals surface area (Å²) >= 11 is 0. The fraction of sp³-hybridized carbons (Fsp3) is 0.222. The third-order valence-electron chi connectivity index (χ3n) is 3.65. The predicted molar refractivity (Wildman–Crippen MR) is 86.7 cm³/mol. The van der Waals surface area contributed by atoms with Crippen molar-refractivity contribution in [3.8, 4) is 5.75 Å². The summed E-state index contributed by atoms with van der Waals surface area (Å²) in [5.74, 6) is 0.905. The third kappa shape index (κ3) is 3.09. The molecule has 1 heterocycles. The Morgan fingerprint density at radius 3 is 2.71 bits per heavy atom. The lowest BCUT2D eigenvalue weighted by atomic mass is 10.1. The predicted octanol–water partition coefficient (Wildman–Crippen LogP) is 3.90. The molecule has 0 bridgehead atoms. The second kappa shape index (κ2) is 6.46. The summed E-state index contributed by atoms with van der Waals surface area (Å²) in [6.45, 7) is 0.917. The molecule has 0 spiro atoms. The van der Waals surface area contributed by atoms with E-state index in [2.05, 4.69) is 46.7 Å². The molecule has 1 unspecified atom stereocenters. The Labute approximate surface area is 125 Å². The first-order valence-corrected chi connectivity index (χ1v) is 7.31. The van der Waals surface area contributed by atoms with Gasteiger partial charge in [-0.15, -0.1) is 0 Å². The van der Waals surface area contributed by atoms with Crippen LogP contribution in [-0.4, -0.2) is 18.6 Å². The smallest absolute Gasteiger partial charge is 0.144 e. The third-order valence-corrected chi connectivity index (χ3v) is 3.65. The van der Waals surface area contributed by atoms with E-state index in [1.807, 2.05) is 31.4 Å². The van der Waals surface area contributed by atoms with Gasteiger partial charge in [-0.2, -0.15) is 0 Å². The molecule has 1 atom stereocenters. The molecule has 108 valence electrons. The van der Waals surface area contributed by atoms with E-state index in [0.29, 0.717) is 0 Å².